The molecule has 1 aromatic carbocycles. The first-order chi connectivity index (χ1) is 14.3. The van der Waals surface area contributed by atoms with Crippen molar-refractivity contribution < 1.29 is 9.59 Å². The molecule has 1 aliphatic rings. The minimum Gasteiger partial charge on any atom is -0.351 e. The lowest BCUT2D eigenvalue weighted by Gasteiger charge is -2.39. The molecule has 158 valence electrons. The number of rotatable bonds is 4. The Morgan fingerprint density at radius 3 is 2.73 bits per heavy atom. The predicted octanol–water partition coefficient (Wildman–Crippen LogP) is 2.77. The van der Waals surface area contributed by atoms with Crippen LogP contribution in [0.2, 0.25) is 0 Å². The number of amides is 2. The van der Waals surface area contributed by atoms with Gasteiger partial charge in [-0.2, -0.15) is 10.2 Å². The fraction of sp³-hybridized carbons (Fsp3) is 0.455. The molecule has 3 heterocycles. The number of likely N-dealkylation sites (tertiary alicyclic amines) is 1. The second kappa shape index (κ2) is 7.59. The zero-order chi connectivity index (χ0) is 21.5. The van der Waals surface area contributed by atoms with E-state index in [0.29, 0.717) is 25.3 Å². The van der Waals surface area contributed by atoms with Gasteiger partial charge in [0.15, 0.2) is 5.69 Å². The van der Waals surface area contributed by atoms with Gasteiger partial charge in [0.1, 0.15) is 0 Å². The first-order valence-corrected chi connectivity index (χ1v) is 10.3. The monoisotopic (exact) mass is 408 g/mol. The molecule has 0 spiro atoms. The SMILES string of the molecule is Cc1ccc2[nH]nc(C(=O)N3CCC[C@@](C)(C(=O)NCc4c(C)n[nH]c4C)C3)c2c1. The Bertz CT molecular complexity index is 1090. The number of carbonyl (C=O) groups excluding carboxylic acids is 2. The van der Waals surface area contributed by atoms with E-state index in [9.17, 15) is 9.59 Å². The number of nitrogens with zero attached hydrogens (tertiary/aromatic N) is 3. The third kappa shape index (κ3) is 3.58. The van der Waals surface area contributed by atoms with Crippen molar-refractivity contribution >= 4 is 22.7 Å². The lowest BCUT2D eigenvalue weighted by molar-refractivity contribution is -0.132. The van der Waals surface area contributed by atoms with Crippen LogP contribution >= 0.6 is 0 Å². The summed E-state index contributed by atoms with van der Waals surface area (Å²) in [7, 11) is 0. The molecule has 2 amide bonds. The Balaban J connectivity index is 1.49. The largest absolute Gasteiger partial charge is 0.351 e. The fourth-order valence-corrected chi connectivity index (χ4v) is 4.26. The van der Waals surface area contributed by atoms with Crippen LogP contribution < -0.4 is 5.32 Å². The summed E-state index contributed by atoms with van der Waals surface area (Å²) >= 11 is 0. The van der Waals surface area contributed by atoms with Crippen LogP contribution in [0.3, 0.4) is 0 Å². The molecule has 4 rings (SSSR count). The summed E-state index contributed by atoms with van der Waals surface area (Å²) in [5, 5.41) is 18.2. The predicted molar refractivity (Wildman–Crippen MR) is 114 cm³/mol. The lowest BCUT2D eigenvalue weighted by atomic mass is 9.80. The Labute approximate surface area is 175 Å². The summed E-state index contributed by atoms with van der Waals surface area (Å²) in [6.45, 7) is 9.22. The number of H-pyrrole nitrogens is 2. The molecule has 1 fully saturated rings. The van der Waals surface area contributed by atoms with Crippen molar-refractivity contribution in [3.63, 3.8) is 0 Å². The minimum atomic E-state index is -0.637. The summed E-state index contributed by atoms with van der Waals surface area (Å²) in [5.41, 5.74) is 4.55. The van der Waals surface area contributed by atoms with Crippen LogP contribution in [0.4, 0.5) is 0 Å². The number of hydrogen-bond acceptors (Lipinski definition) is 4. The Morgan fingerprint density at radius 2 is 2.00 bits per heavy atom. The van der Waals surface area contributed by atoms with Gasteiger partial charge in [0.25, 0.3) is 5.91 Å². The molecule has 1 aliphatic heterocycles. The van der Waals surface area contributed by atoms with E-state index in [1.807, 2.05) is 45.9 Å². The highest BCUT2D eigenvalue weighted by Crippen LogP contribution is 2.31. The number of nitrogens with one attached hydrogen (secondary N) is 3. The molecule has 3 aromatic rings. The van der Waals surface area contributed by atoms with E-state index in [2.05, 4.69) is 25.7 Å². The Hall–Kier alpha value is -3.16. The third-order valence-electron chi connectivity index (χ3n) is 6.16. The quantitative estimate of drug-likeness (QED) is 0.617. The van der Waals surface area contributed by atoms with Crippen molar-refractivity contribution in [1.29, 1.82) is 0 Å². The maximum absolute atomic E-state index is 13.2. The van der Waals surface area contributed by atoms with Crippen LogP contribution in [-0.2, 0) is 11.3 Å². The molecule has 1 atom stereocenters. The van der Waals surface area contributed by atoms with Crippen molar-refractivity contribution in [2.75, 3.05) is 13.1 Å². The molecule has 0 aliphatic carbocycles. The average Bonchev–Trinajstić information content (AvgIpc) is 3.28. The highest BCUT2D eigenvalue weighted by molar-refractivity contribution is 6.05. The number of benzene rings is 1. The van der Waals surface area contributed by atoms with Crippen LogP contribution in [-0.4, -0.2) is 50.2 Å². The van der Waals surface area contributed by atoms with Gasteiger partial charge >= 0.3 is 0 Å². The summed E-state index contributed by atoms with van der Waals surface area (Å²) in [6, 6.07) is 5.89. The number of aryl methyl sites for hydroxylation is 3. The van der Waals surface area contributed by atoms with Crippen molar-refractivity contribution in [2.24, 2.45) is 5.41 Å². The maximum atomic E-state index is 13.2. The standard InChI is InChI=1S/C22H28N6O2/c1-13-6-7-18-16(10-13)19(27-26-18)20(29)28-9-5-8-22(4,12-28)21(30)23-11-17-14(2)24-25-15(17)3/h6-7,10H,5,8-9,11-12H2,1-4H3,(H,23,30)(H,24,25)(H,26,27)/t22-/m1/s1. The van der Waals surface area contributed by atoms with E-state index in [4.69, 9.17) is 0 Å². The van der Waals surface area contributed by atoms with E-state index in [0.717, 1.165) is 46.3 Å². The normalized spacial score (nSPS) is 19.3. The summed E-state index contributed by atoms with van der Waals surface area (Å²) in [5.74, 6) is -0.171. The summed E-state index contributed by atoms with van der Waals surface area (Å²) in [6.07, 6.45) is 1.52. The molecule has 0 bridgehead atoms. The van der Waals surface area contributed by atoms with Crippen LogP contribution in [0.1, 0.15) is 52.8 Å². The second-order valence-corrected chi connectivity index (χ2v) is 8.61. The van der Waals surface area contributed by atoms with Gasteiger partial charge in [0, 0.05) is 36.3 Å². The summed E-state index contributed by atoms with van der Waals surface area (Å²) in [4.78, 5) is 28.0. The van der Waals surface area contributed by atoms with Gasteiger partial charge in [0.05, 0.1) is 16.6 Å². The van der Waals surface area contributed by atoms with E-state index < -0.39 is 5.41 Å². The van der Waals surface area contributed by atoms with E-state index in [1.165, 1.54) is 0 Å². The Kier molecular flexibility index (Phi) is 5.09. The zero-order valence-electron chi connectivity index (χ0n) is 17.9. The number of carbonyl (C=O) groups is 2. The van der Waals surface area contributed by atoms with Gasteiger partial charge in [-0.15, -0.1) is 0 Å². The second-order valence-electron chi connectivity index (χ2n) is 8.61. The minimum absolute atomic E-state index is 0.0391. The van der Waals surface area contributed by atoms with Gasteiger partial charge in [-0.3, -0.25) is 19.8 Å². The highest BCUT2D eigenvalue weighted by atomic mass is 16.2. The zero-order valence-corrected chi connectivity index (χ0v) is 17.9. The molecule has 2 aromatic heterocycles. The number of piperidine rings is 1. The van der Waals surface area contributed by atoms with Gasteiger partial charge in [-0.1, -0.05) is 11.6 Å². The molecule has 0 unspecified atom stereocenters. The molecule has 0 radical (unpaired) electrons. The fourth-order valence-electron chi connectivity index (χ4n) is 4.26. The van der Waals surface area contributed by atoms with Gasteiger partial charge in [-0.05, 0) is 52.7 Å². The Morgan fingerprint density at radius 1 is 1.20 bits per heavy atom. The molecule has 3 N–H and O–H groups in total. The lowest BCUT2D eigenvalue weighted by Crippen LogP contribution is -2.51. The van der Waals surface area contributed by atoms with Crippen molar-refractivity contribution in [2.45, 2.75) is 47.1 Å². The smallest absolute Gasteiger partial charge is 0.275 e. The molecular formula is C22H28N6O2. The van der Waals surface area contributed by atoms with Gasteiger partial charge < -0.3 is 10.2 Å². The highest BCUT2D eigenvalue weighted by Gasteiger charge is 2.40. The first-order valence-electron chi connectivity index (χ1n) is 10.3. The molecule has 0 saturated carbocycles. The van der Waals surface area contributed by atoms with Crippen LogP contribution in [0, 0.1) is 26.2 Å². The first kappa shape index (κ1) is 20.1. The van der Waals surface area contributed by atoms with E-state index >= 15 is 0 Å². The number of hydrogen-bond donors (Lipinski definition) is 3. The number of aromatic amines is 2. The molecule has 1 saturated heterocycles. The number of aromatic nitrogens is 4. The summed E-state index contributed by atoms with van der Waals surface area (Å²) < 4.78 is 0. The van der Waals surface area contributed by atoms with Crippen LogP contribution in [0.25, 0.3) is 10.9 Å². The van der Waals surface area contributed by atoms with Gasteiger partial charge in [0.2, 0.25) is 5.91 Å². The van der Waals surface area contributed by atoms with Crippen molar-refractivity contribution in [3.8, 4) is 0 Å². The van der Waals surface area contributed by atoms with Gasteiger partial charge in [-0.25, -0.2) is 0 Å². The van der Waals surface area contributed by atoms with E-state index in [1.54, 1.807) is 4.90 Å². The maximum Gasteiger partial charge on any atom is 0.275 e. The van der Waals surface area contributed by atoms with E-state index in [-0.39, 0.29) is 11.8 Å². The molecule has 8 heteroatoms. The molecule has 8 nitrogen and oxygen atoms in total. The number of fused-ring (bicyclic) bond motifs is 1. The topological polar surface area (TPSA) is 107 Å². The molecule has 30 heavy (non-hydrogen) atoms. The molecular weight excluding hydrogens is 380 g/mol. The average molecular weight is 409 g/mol. The van der Waals surface area contributed by atoms with Crippen molar-refractivity contribution in [1.82, 2.24) is 30.6 Å². The van der Waals surface area contributed by atoms with Crippen LogP contribution in [0.15, 0.2) is 18.2 Å². The third-order valence-corrected chi connectivity index (χ3v) is 6.16. The van der Waals surface area contributed by atoms with Crippen molar-refractivity contribution in [3.05, 3.63) is 46.4 Å². The van der Waals surface area contributed by atoms with Crippen LogP contribution in [0.5, 0.6) is 0 Å².